The molecule has 1 aliphatic heterocycles. The van der Waals surface area contributed by atoms with Crippen molar-refractivity contribution in [2.45, 2.75) is 18.8 Å². The highest BCUT2D eigenvalue weighted by molar-refractivity contribution is 5.95. The molecule has 19 heavy (non-hydrogen) atoms. The summed E-state index contributed by atoms with van der Waals surface area (Å²) in [6.07, 6.45) is 2.34. The summed E-state index contributed by atoms with van der Waals surface area (Å²) in [5, 5.41) is 6.02. The number of nitrogens with zero attached hydrogens (tertiary/aromatic N) is 1. The molecule has 0 spiro atoms. The van der Waals surface area contributed by atoms with Gasteiger partial charge in [0, 0.05) is 24.7 Å². The number of nitrogens with one attached hydrogen (secondary N) is 2. The van der Waals surface area contributed by atoms with E-state index >= 15 is 0 Å². The van der Waals surface area contributed by atoms with Crippen LogP contribution in [0, 0.1) is 5.92 Å². The molecular formula is C14H15N3O2. The number of fused-ring (bicyclic) bond motifs is 1. The number of oxazole rings is 1. The minimum Gasteiger partial charge on any atom is -0.440 e. The summed E-state index contributed by atoms with van der Waals surface area (Å²) in [5.74, 6) is 1.51. The second-order valence-corrected chi connectivity index (χ2v) is 5.35. The Morgan fingerprint density at radius 1 is 1.37 bits per heavy atom. The van der Waals surface area contributed by atoms with Crippen molar-refractivity contribution >= 4 is 22.7 Å². The van der Waals surface area contributed by atoms with Crippen LogP contribution in [0.1, 0.15) is 24.7 Å². The van der Waals surface area contributed by atoms with Crippen LogP contribution in [0.5, 0.6) is 0 Å². The molecule has 5 heteroatoms. The van der Waals surface area contributed by atoms with Gasteiger partial charge < -0.3 is 15.1 Å². The molecule has 98 valence electrons. The van der Waals surface area contributed by atoms with Gasteiger partial charge in [0.1, 0.15) is 5.52 Å². The molecule has 2 heterocycles. The van der Waals surface area contributed by atoms with Crippen molar-refractivity contribution in [1.82, 2.24) is 10.3 Å². The van der Waals surface area contributed by atoms with Gasteiger partial charge in [-0.15, -0.1) is 0 Å². The average molecular weight is 257 g/mol. The third kappa shape index (κ3) is 2.00. The van der Waals surface area contributed by atoms with Crippen molar-refractivity contribution in [3.63, 3.8) is 0 Å². The molecule has 1 saturated carbocycles. The maximum Gasteiger partial charge on any atom is 0.230 e. The number of amides is 1. The van der Waals surface area contributed by atoms with E-state index in [1.54, 1.807) is 0 Å². The molecule has 0 atom stereocenters. The van der Waals surface area contributed by atoms with Crippen molar-refractivity contribution in [2.24, 2.45) is 5.92 Å². The summed E-state index contributed by atoms with van der Waals surface area (Å²) >= 11 is 0. The number of aromatic nitrogens is 1. The predicted molar refractivity (Wildman–Crippen MR) is 71.0 cm³/mol. The van der Waals surface area contributed by atoms with Gasteiger partial charge in [-0.25, -0.2) is 4.98 Å². The van der Waals surface area contributed by atoms with Crippen LogP contribution in [0.15, 0.2) is 22.6 Å². The highest BCUT2D eigenvalue weighted by Gasteiger charge is 2.29. The Labute approximate surface area is 110 Å². The summed E-state index contributed by atoms with van der Waals surface area (Å²) in [7, 11) is 0. The summed E-state index contributed by atoms with van der Waals surface area (Å²) in [6.45, 7) is 1.54. The van der Waals surface area contributed by atoms with Crippen LogP contribution in [0.25, 0.3) is 11.1 Å². The van der Waals surface area contributed by atoms with E-state index in [0.717, 1.165) is 35.8 Å². The van der Waals surface area contributed by atoms with Crippen molar-refractivity contribution in [3.8, 4) is 0 Å². The van der Waals surface area contributed by atoms with Gasteiger partial charge in [0.25, 0.3) is 0 Å². The molecular weight excluding hydrogens is 242 g/mol. The lowest BCUT2D eigenvalue weighted by atomic mass is 10.0. The maximum absolute atomic E-state index is 11.9. The number of anilines is 1. The molecule has 2 aromatic rings. The quantitative estimate of drug-likeness (QED) is 0.880. The van der Waals surface area contributed by atoms with E-state index in [1.165, 1.54) is 12.8 Å². The Bertz CT molecular complexity index is 641. The van der Waals surface area contributed by atoms with Gasteiger partial charge in [-0.3, -0.25) is 4.79 Å². The molecule has 4 rings (SSSR count). The molecule has 2 N–H and O–H groups in total. The Kier molecular flexibility index (Phi) is 2.35. The van der Waals surface area contributed by atoms with Crippen molar-refractivity contribution in [2.75, 3.05) is 18.4 Å². The van der Waals surface area contributed by atoms with Crippen molar-refractivity contribution in [3.05, 3.63) is 24.1 Å². The lowest BCUT2D eigenvalue weighted by Gasteiger charge is -2.25. The van der Waals surface area contributed by atoms with Crippen LogP contribution in [-0.4, -0.2) is 24.0 Å². The van der Waals surface area contributed by atoms with E-state index < -0.39 is 0 Å². The standard InChI is InChI=1S/C14H15N3O2/c18-13(9-6-15-7-9)16-10-3-4-12-11(5-10)17-14(19-12)8-1-2-8/h3-5,8-9,15H,1-2,6-7H2,(H,16,18). The first-order valence-corrected chi connectivity index (χ1v) is 6.72. The zero-order valence-corrected chi connectivity index (χ0v) is 10.5. The maximum atomic E-state index is 11.9. The van der Waals surface area contributed by atoms with Crippen LogP contribution in [0.4, 0.5) is 5.69 Å². The number of benzene rings is 1. The Morgan fingerprint density at radius 2 is 2.21 bits per heavy atom. The predicted octanol–water partition coefficient (Wildman–Crippen LogP) is 1.86. The van der Waals surface area contributed by atoms with Crippen LogP contribution in [0.2, 0.25) is 0 Å². The monoisotopic (exact) mass is 257 g/mol. The molecule has 5 nitrogen and oxygen atoms in total. The smallest absolute Gasteiger partial charge is 0.230 e. The van der Waals surface area contributed by atoms with Gasteiger partial charge in [-0.1, -0.05) is 0 Å². The van der Waals surface area contributed by atoms with E-state index in [1.807, 2.05) is 18.2 Å². The first kappa shape index (κ1) is 11.0. The summed E-state index contributed by atoms with van der Waals surface area (Å²) in [6, 6.07) is 5.63. The number of carbonyl (C=O) groups excluding carboxylic acids is 1. The highest BCUT2D eigenvalue weighted by Crippen LogP contribution is 2.40. The van der Waals surface area contributed by atoms with E-state index in [-0.39, 0.29) is 11.8 Å². The van der Waals surface area contributed by atoms with E-state index in [2.05, 4.69) is 15.6 Å². The molecule has 0 unspecified atom stereocenters. The minimum absolute atomic E-state index is 0.0732. The van der Waals surface area contributed by atoms with Gasteiger partial charge >= 0.3 is 0 Å². The summed E-state index contributed by atoms with van der Waals surface area (Å²) < 4.78 is 5.70. The molecule has 2 aliphatic rings. The lowest BCUT2D eigenvalue weighted by molar-refractivity contribution is -0.121. The fourth-order valence-corrected chi connectivity index (χ4v) is 2.25. The molecule has 1 aliphatic carbocycles. The minimum atomic E-state index is 0.0732. The second-order valence-electron chi connectivity index (χ2n) is 5.35. The normalized spacial score (nSPS) is 19.4. The zero-order valence-electron chi connectivity index (χ0n) is 10.5. The molecule has 1 aromatic heterocycles. The Morgan fingerprint density at radius 3 is 2.89 bits per heavy atom. The zero-order chi connectivity index (χ0) is 12.8. The number of hydrogen-bond donors (Lipinski definition) is 2. The van der Waals surface area contributed by atoms with Gasteiger partial charge in [-0.05, 0) is 31.0 Å². The molecule has 2 fully saturated rings. The van der Waals surface area contributed by atoms with Crippen LogP contribution in [-0.2, 0) is 4.79 Å². The average Bonchev–Trinajstić information content (AvgIpc) is 3.07. The molecule has 1 aromatic carbocycles. The van der Waals surface area contributed by atoms with Crippen LogP contribution >= 0.6 is 0 Å². The van der Waals surface area contributed by atoms with E-state index in [9.17, 15) is 4.79 Å². The fourth-order valence-electron chi connectivity index (χ4n) is 2.25. The summed E-state index contributed by atoms with van der Waals surface area (Å²) in [4.78, 5) is 16.4. The molecule has 0 bridgehead atoms. The van der Waals surface area contributed by atoms with Crippen LogP contribution in [0.3, 0.4) is 0 Å². The lowest BCUT2D eigenvalue weighted by Crippen LogP contribution is -2.48. The Balaban J connectivity index is 1.58. The van der Waals surface area contributed by atoms with Gasteiger partial charge in [-0.2, -0.15) is 0 Å². The van der Waals surface area contributed by atoms with Crippen LogP contribution < -0.4 is 10.6 Å². The third-order valence-corrected chi connectivity index (χ3v) is 3.75. The van der Waals surface area contributed by atoms with E-state index in [0.29, 0.717) is 5.92 Å². The number of carbonyl (C=O) groups is 1. The van der Waals surface area contributed by atoms with E-state index in [4.69, 9.17) is 4.42 Å². The molecule has 1 amide bonds. The largest absolute Gasteiger partial charge is 0.440 e. The second kappa shape index (κ2) is 4.06. The Hall–Kier alpha value is -1.88. The van der Waals surface area contributed by atoms with Crippen molar-refractivity contribution in [1.29, 1.82) is 0 Å². The first-order valence-electron chi connectivity index (χ1n) is 6.72. The van der Waals surface area contributed by atoms with Crippen molar-refractivity contribution < 1.29 is 9.21 Å². The fraction of sp³-hybridized carbons (Fsp3) is 0.429. The molecule has 1 saturated heterocycles. The summed E-state index contributed by atoms with van der Waals surface area (Å²) in [5.41, 5.74) is 2.41. The van der Waals surface area contributed by atoms with Gasteiger partial charge in [0.05, 0.1) is 5.92 Å². The number of rotatable bonds is 3. The van der Waals surface area contributed by atoms with Gasteiger partial charge in [0.2, 0.25) is 5.91 Å². The topological polar surface area (TPSA) is 67.2 Å². The van der Waals surface area contributed by atoms with Gasteiger partial charge in [0.15, 0.2) is 11.5 Å². The SMILES string of the molecule is O=C(Nc1ccc2oc(C3CC3)nc2c1)C1CNC1. The first-order chi connectivity index (χ1) is 9.29. The highest BCUT2D eigenvalue weighted by atomic mass is 16.3. The third-order valence-electron chi connectivity index (χ3n) is 3.75. The number of hydrogen-bond acceptors (Lipinski definition) is 4. The molecule has 0 radical (unpaired) electrons.